The second-order valence-electron chi connectivity index (χ2n) is 4.22. The zero-order valence-corrected chi connectivity index (χ0v) is 9.49. The van der Waals surface area contributed by atoms with E-state index in [0.717, 1.165) is 16.6 Å². The van der Waals surface area contributed by atoms with E-state index in [4.69, 9.17) is 5.11 Å². The third-order valence-corrected chi connectivity index (χ3v) is 2.90. The van der Waals surface area contributed by atoms with Crippen LogP contribution in [0.3, 0.4) is 0 Å². The van der Waals surface area contributed by atoms with Gasteiger partial charge in [-0.05, 0) is 30.0 Å². The first-order valence-corrected chi connectivity index (χ1v) is 5.50. The van der Waals surface area contributed by atoms with Crippen molar-refractivity contribution >= 4 is 17.0 Å². The van der Waals surface area contributed by atoms with Gasteiger partial charge in [-0.1, -0.05) is 13.0 Å². The van der Waals surface area contributed by atoms with E-state index >= 15 is 0 Å². The van der Waals surface area contributed by atoms with Gasteiger partial charge in [0.15, 0.2) is 0 Å². The molecule has 3 N–H and O–H groups in total. The van der Waals surface area contributed by atoms with Crippen LogP contribution in [0.15, 0.2) is 23.0 Å². The Bertz CT molecular complexity index is 597. The number of carboxylic acids is 1. The third kappa shape index (κ3) is 2.55. The van der Waals surface area contributed by atoms with Crippen LogP contribution < -0.4 is 5.69 Å². The predicted octanol–water partition coefficient (Wildman–Crippen LogP) is 1.82. The van der Waals surface area contributed by atoms with Gasteiger partial charge in [-0.25, -0.2) is 4.79 Å². The number of carboxylic acid groups (broad SMARTS) is 1. The number of aromatic amines is 2. The smallest absolute Gasteiger partial charge is 0.323 e. The van der Waals surface area contributed by atoms with Gasteiger partial charge in [0, 0.05) is 6.42 Å². The number of fused-ring (bicyclic) bond motifs is 1. The maximum atomic E-state index is 11.1. The fraction of sp³-hybridized carbons (Fsp3) is 0.333. The molecule has 0 radical (unpaired) electrons. The lowest BCUT2D eigenvalue weighted by atomic mass is 9.96. The van der Waals surface area contributed by atoms with Crippen molar-refractivity contribution in [2.75, 3.05) is 0 Å². The molecule has 0 spiro atoms. The van der Waals surface area contributed by atoms with E-state index in [1.165, 1.54) is 0 Å². The summed E-state index contributed by atoms with van der Waals surface area (Å²) in [6.07, 6.45) is 0.748. The molecule has 1 atom stereocenters. The Hall–Kier alpha value is -2.04. The van der Waals surface area contributed by atoms with Gasteiger partial charge in [0.05, 0.1) is 11.0 Å². The average Bonchev–Trinajstić information content (AvgIpc) is 2.64. The Morgan fingerprint density at radius 1 is 1.35 bits per heavy atom. The Kier molecular flexibility index (Phi) is 2.99. The lowest BCUT2D eigenvalue weighted by molar-refractivity contribution is -0.137. The summed E-state index contributed by atoms with van der Waals surface area (Å²) in [5.41, 5.74) is 2.34. The maximum Gasteiger partial charge on any atom is 0.323 e. The summed E-state index contributed by atoms with van der Waals surface area (Å²) in [5, 5.41) is 8.63. The Labute approximate surface area is 97.5 Å². The van der Waals surface area contributed by atoms with Crippen LogP contribution in [0.5, 0.6) is 0 Å². The molecule has 0 saturated heterocycles. The van der Waals surface area contributed by atoms with Crippen molar-refractivity contribution in [3.63, 3.8) is 0 Å². The Morgan fingerprint density at radius 2 is 2.06 bits per heavy atom. The Balaban J connectivity index is 2.23. The monoisotopic (exact) mass is 234 g/mol. The van der Waals surface area contributed by atoms with E-state index in [-0.39, 0.29) is 18.0 Å². The number of H-pyrrole nitrogens is 2. The molecule has 0 aliphatic carbocycles. The van der Waals surface area contributed by atoms with Crippen molar-refractivity contribution in [1.29, 1.82) is 0 Å². The van der Waals surface area contributed by atoms with Crippen LogP contribution in [0.1, 0.15) is 31.2 Å². The molecule has 1 heterocycles. The summed E-state index contributed by atoms with van der Waals surface area (Å²) in [7, 11) is 0. The largest absolute Gasteiger partial charge is 0.481 e. The average molecular weight is 234 g/mol. The molecule has 1 aromatic carbocycles. The van der Waals surface area contributed by atoms with Crippen molar-refractivity contribution in [3.8, 4) is 0 Å². The van der Waals surface area contributed by atoms with E-state index in [1.54, 1.807) is 0 Å². The van der Waals surface area contributed by atoms with Crippen molar-refractivity contribution < 1.29 is 9.90 Å². The van der Waals surface area contributed by atoms with Crippen molar-refractivity contribution in [2.24, 2.45) is 0 Å². The predicted molar refractivity (Wildman–Crippen MR) is 64.2 cm³/mol. The summed E-state index contributed by atoms with van der Waals surface area (Å²) < 4.78 is 0. The standard InChI is InChI=1S/C12H14N2O3/c1-7(2-5-11(15)16)8-3-4-9-10(6-8)14-12(17)13-9/h3-4,6-7H,2,5H2,1H3,(H,15,16)(H2,13,14,17). The summed E-state index contributed by atoms with van der Waals surface area (Å²) in [5.74, 6) is -0.623. The normalized spacial score (nSPS) is 12.8. The Morgan fingerprint density at radius 3 is 2.76 bits per heavy atom. The molecule has 17 heavy (non-hydrogen) atoms. The summed E-state index contributed by atoms with van der Waals surface area (Å²) in [4.78, 5) is 27.0. The molecule has 0 fully saturated rings. The highest BCUT2D eigenvalue weighted by atomic mass is 16.4. The molecule has 5 heteroatoms. The van der Waals surface area contributed by atoms with Gasteiger partial charge in [-0.15, -0.1) is 0 Å². The summed E-state index contributed by atoms with van der Waals surface area (Å²) >= 11 is 0. The van der Waals surface area contributed by atoms with Gasteiger partial charge in [0.1, 0.15) is 0 Å². The van der Waals surface area contributed by atoms with Crippen LogP contribution in [-0.2, 0) is 4.79 Å². The van der Waals surface area contributed by atoms with Crippen molar-refractivity contribution in [2.45, 2.75) is 25.7 Å². The van der Waals surface area contributed by atoms with Gasteiger partial charge < -0.3 is 15.1 Å². The zero-order valence-electron chi connectivity index (χ0n) is 9.49. The fourth-order valence-corrected chi connectivity index (χ4v) is 1.86. The fourth-order valence-electron chi connectivity index (χ4n) is 1.86. The minimum absolute atomic E-state index is 0.156. The van der Waals surface area contributed by atoms with Gasteiger partial charge in [0.2, 0.25) is 0 Å². The van der Waals surface area contributed by atoms with E-state index < -0.39 is 5.97 Å². The van der Waals surface area contributed by atoms with E-state index in [2.05, 4.69) is 9.97 Å². The van der Waals surface area contributed by atoms with Crippen LogP contribution in [-0.4, -0.2) is 21.0 Å². The highest BCUT2D eigenvalue weighted by molar-refractivity contribution is 5.75. The van der Waals surface area contributed by atoms with E-state index in [0.29, 0.717) is 6.42 Å². The van der Waals surface area contributed by atoms with Gasteiger partial charge >= 0.3 is 11.7 Å². The van der Waals surface area contributed by atoms with Gasteiger partial charge in [-0.3, -0.25) is 4.79 Å². The molecule has 1 aromatic heterocycles. The van der Waals surface area contributed by atoms with E-state index in [9.17, 15) is 9.59 Å². The number of carbonyl (C=O) groups is 1. The molecule has 0 aliphatic rings. The number of benzene rings is 1. The lowest BCUT2D eigenvalue weighted by Crippen LogP contribution is -2.00. The highest BCUT2D eigenvalue weighted by Crippen LogP contribution is 2.22. The molecule has 0 aliphatic heterocycles. The lowest BCUT2D eigenvalue weighted by Gasteiger charge is -2.10. The number of aromatic nitrogens is 2. The molecular formula is C12H14N2O3. The minimum Gasteiger partial charge on any atom is -0.481 e. The van der Waals surface area contributed by atoms with Gasteiger partial charge in [-0.2, -0.15) is 0 Å². The van der Waals surface area contributed by atoms with Gasteiger partial charge in [0.25, 0.3) is 0 Å². The molecule has 90 valence electrons. The number of hydrogen-bond acceptors (Lipinski definition) is 2. The van der Waals surface area contributed by atoms with E-state index in [1.807, 2.05) is 25.1 Å². The summed E-state index contributed by atoms with van der Waals surface area (Å²) in [6.45, 7) is 1.98. The topological polar surface area (TPSA) is 85.9 Å². The van der Waals surface area contributed by atoms with Crippen LogP contribution in [0, 0.1) is 0 Å². The molecule has 0 bridgehead atoms. The van der Waals surface area contributed by atoms with Crippen LogP contribution >= 0.6 is 0 Å². The quantitative estimate of drug-likeness (QED) is 0.754. The highest BCUT2D eigenvalue weighted by Gasteiger charge is 2.09. The molecule has 1 unspecified atom stereocenters. The first-order valence-electron chi connectivity index (χ1n) is 5.50. The minimum atomic E-state index is -0.784. The van der Waals surface area contributed by atoms with Crippen molar-refractivity contribution in [1.82, 2.24) is 9.97 Å². The number of nitrogens with one attached hydrogen (secondary N) is 2. The number of rotatable bonds is 4. The van der Waals surface area contributed by atoms with Crippen LogP contribution in [0.4, 0.5) is 0 Å². The molecule has 2 aromatic rings. The van der Waals surface area contributed by atoms with Crippen LogP contribution in [0.2, 0.25) is 0 Å². The first-order chi connectivity index (χ1) is 8.06. The SMILES string of the molecule is CC(CCC(=O)O)c1ccc2[nH]c(=O)[nH]c2c1. The second-order valence-corrected chi connectivity index (χ2v) is 4.22. The molecule has 0 amide bonds. The molecule has 2 rings (SSSR count). The molecule has 0 saturated carbocycles. The zero-order chi connectivity index (χ0) is 12.4. The second kappa shape index (κ2) is 4.45. The summed E-state index contributed by atoms with van der Waals surface area (Å²) in [6, 6.07) is 5.64. The third-order valence-electron chi connectivity index (χ3n) is 2.90. The molecule has 5 nitrogen and oxygen atoms in total. The number of aliphatic carboxylic acids is 1. The first kappa shape index (κ1) is 11.4. The molecular weight excluding hydrogens is 220 g/mol. The maximum absolute atomic E-state index is 11.1. The number of hydrogen-bond donors (Lipinski definition) is 3. The van der Waals surface area contributed by atoms with Crippen molar-refractivity contribution in [3.05, 3.63) is 34.2 Å². The number of imidazole rings is 1. The van der Waals surface area contributed by atoms with Crippen LogP contribution in [0.25, 0.3) is 11.0 Å².